The maximum absolute atomic E-state index is 11.9. The highest BCUT2D eigenvalue weighted by atomic mass is 16.1. The van der Waals surface area contributed by atoms with Gasteiger partial charge in [-0.05, 0) is 76.0 Å². The molecule has 0 heterocycles. The highest BCUT2D eigenvalue weighted by Crippen LogP contribution is 2.25. The highest BCUT2D eigenvalue weighted by molar-refractivity contribution is 5.78. The Labute approximate surface area is 124 Å². The maximum atomic E-state index is 11.9. The van der Waals surface area contributed by atoms with Gasteiger partial charge in [0.1, 0.15) is 5.78 Å². The van der Waals surface area contributed by atoms with Crippen LogP contribution in [-0.4, -0.2) is 5.78 Å². The number of carbonyl (C=O) groups excluding carboxylic acids is 1. The number of carbonyl (C=O) groups is 1. The summed E-state index contributed by atoms with van der Waals surface area (Å²) in [5, 5.41) is 0. The van der Waals surface area contributed by atoms with Crippen LogP contribution < -0.4 is 0 Å². The Morgan fingerprint density at radius 3 is 1.70 bits per heavy atom. The van der Waals surface area contributed by atoms with Crippen LogP contribution in [0.4, 0.5) is 0 Å². The molecule has 0 aromatic rings. The van der Waals surface area contributed by atoms with Crippen LogP contribution >= 0.6 is 0 Å². The Balaban J connectivity index is 1.47. The molecule has 1 nitrogen and oxygen atoms in total. The second-order valence-electron chi connectivity index (χ2n) is 6.62. The fourth-order valence-corrected chi connectivity index (χ4v) is 3.54. The van der Waals surface area contributed by atoms with Crippen molar-refractivity contribution in [3.63, 3.8) is 0 Å². The zero-order chi connectivity index (χ0) is 14.0. The average molecular weight is 274 g/mol. The first-order chi connectivity index (χ1) is 9.84. The minimum Gasteiger partial charge on any atom is -0.300 e. The van der Waals surface area contributed by atoms with E-state index in [0.717, 1.165) is 37.5 Å². The molecule has 0 unspecified atom stereocenters. The molecule has 0 fully saturated rings. The van der Waals surface area contributed by atoms with Crippen LogP contribution in [0.1, 0.15) is 77.0 Å². The van der Waals surface area contributed by atoms with Gasteiger partial charge in [-0.15, -0.1) is 0 Å². The monoisotopic (exact) mass is 274 g/mol. The van der Waals surface area contributed by atoms with E-state index in [2.05, 4.69) is 24.3 Å². The van der Waals surface area contributed by atoms with Gasteiger partial charge < -0.3 is 0 Å². The van der Waals surface area contributed by atoms with Gasteiger partial charge in [0.2, 0.25) is 0 Å². The summed E-state index contributed by atoms with van der Waals surface area (Å²) < 4.78 is 0. The van der Waals surface area contributed by atoms with Crippen LogP contribution in [0.25, 0.3) is 0 Å². The molecule has 1 heteroatoms. The van der Waals surface area contributed by atoms with Crippen molar-refractivity contribution in [1.29, 1.82) is 0 Å². The second-order valence-corrected chi connectivity index (χ2v) is 6.62. The molecular weight excluding hydrogens is 244 g/mol. The third-order valence-corrected chi connectivity index (χ3v) is 4.89. The highest BCUT2D eigenvalue weighted by Gasteiger charge is 2.12. The quantitative estimate of drug-likeness (QED) is 0.526. The van der Waals surface area contributed by atoms with Crippen molar-refractivity contribution in [2.24, 2.45) is 11.8 Å². The van der Waals surface area contributed by atoms with Crippen molar-refractivity contribution in [2.75, 3.05) is 0 Å². The molecule has 2 rings (SSSR count). The van der Waals surface area contributed by atoms with Gasteiger partial charge in [-0.1, -0.05) is 24.3 Å². The first-order valence-electron chi connectivity index (χ1n) is 8.66. The third-order valence-electron chi connectivity index (χ3n) is 4.89. The Morgan fingerprint density at radius 1 is 0.800 bits per heavy atom. The van der Waals surface area contributed by atoms with Crippen LogP contribution in [0.3, 0.4) is 0 Å². The fourth-order valence-electron chi connectivity index (χ4n) is 3.54. The van der Waals surface area contributed by atoms with E-state index in [1.165, 1.54) is 51.4 Å². The number of hydrogen-bond acceptors (Lipinski definition) is 1. The minimum absolute atomic E-state index is 0.503. The maximum Gasteiger partial charge on any atom is 0.132 e. The van der Waals surface area contributed by atoms with Crippen LogP contribution in [0, 0.1) is 11.8 Å². The molecule has 0 aromatic carbocycles. The van der Waals surface area contributed by atoms with E-state index in [1.807, 2.05) is 0 Å². The number of Topliss-reactive ketones (excluding diaryl/α,β-unsaturated/α-hetero) is 1. The average Bonchev–Trinajstić information content (AvgIpc) is 2.49. The summed E-state index contributed by atoms with van der Waals surface area (Å²) >= 11 is 0. The minimum atomic E-state index is 0.503. The Morgan fingerprint density at radius 2 is 1.30 bits per heavy atom. The van der Waals surface area contributed by atoms with Crippen LogP contribution in [0.5, 0.6) is 0 Å². The molecule has 0 N–H and O–H groups in total. The smallest absolute Gasteiger partial charge is 0.132 e. The van der Waals surface area contributed by atoms with Crippen LogP contribution in [0.2, 0.25) is 0 Å². The SMILES string of the molecule is O=C(CCC[C@@H]1CC=CCC1)CCC[C@H]1CC=CCC1. The predicted octanol–water partition coefficient (Wildman–Crippen LogP) is 5.61. The molecule has 0 saturated heterocycles. The van der Waals surface area contributed by atoms with Gasteiger partial charge in [0, 0.05) is 12.8 Å². The normalized spacial score (nSPS) is 25.8. The molecule has 112 valence electrons. The van der Waals surface area contributed by atoms with E-state index in [4.69, 9.17) is 0 Å². The first-order valence-corrected chi connectivity index (χ1v) is 8.66. The van der Waals surface area contributed by atoms with Gasteiger partial charge >= 0.3 is 0 Å². The second kappa shape index (κ2) is 9.15. The summed E-state index contributed by atoms with van der Waals surface area (Å²) in [5.41, 5.74) is 0. The van der Waals surface area contributed by atoms with E-state index < -0.39 is 0 Å². The van der Waals surface area contributed by atoms with Crippen molar-refractivity contribution in [1.82, 2.24) is 0 Å². The first kappa shape index (κ1) is 15.5. The molecular formula is C19H30O. The van der Waals surface area contributed by atoms with Crippen molar-refractivity contribution in [2.45, 2.75) is 77.0 Å². The summed E-state index contributed by atoms with van der Waals surface area (Å²) in [5.74, 6) is 2.20. The van der Waals surface area contributed by atoms with E-state index in [0.29, 0.717) is 5.78 Å². The summed E-state index contributed by atoms with van der Waals surface area (Å²) in [7, 11) is 0. The van der Waals surface area contributed by atoms with Gasteiger partial charge in [-0.25, -0.2) is 0 Å². The standard InChI is InChI=1S/C19H30O/c20-19(15-7-13-17-9-3-1-4-10-17)16-8-14-18-11-5-2-6-12-18/h1-3,5,17-18H,4,6-16H2/t17-,18+. The van der Waals surface area contributed by atoms with Crippen LogP contribution in [0.15, 0.2) is 24.3 Å². The van der Waals surface area contributed by atoms with E-state index >= 15 is 0 Å². The lowest BCUT2D eigenvalue weighted by Gasteiger charge is -2.17. The zero-order valence-corrected chi connectivity index (χ0v) is 12.9. The Kier molecular flexibility index (Phi) is 7.11. The van der Waals surface area contributed by atoms with E-state index in [-0.39, 0.29) is 0 Å². The van der Waals surface area contributed by atoms with Crippen molar-refractivity contribution in [3.05, 3.63) is 24.3 Å². The number of hydrogen-bond donors (Lipinski definition) is 0. The summed E-state index contributed by atoms with van der Waals surface area (Å²) in [4.78, 5) is 11.9. The lowest BCUT2D eigenvalue weighted by atomic mass is 9.88. The summed E-state index contributed by atoms with van der Waals surface area (Å²) in [6, 6.07) is 0. The van der Waals surface area contributed by atoms with Gasteiger partial charge in [-0.3, -0.25) is 4.79 Å². The molecule has 2 atom stereocenters. The van der Waals surface area contributed by atoms with Crippen molar-refractivity contribution in [3.8, 4) is 0 Å². The number of rotatable bonds is 8. The van der Waals surface area contributed by atoms with Gasteiger partial charge in [-0.2, -0.15) is 0 Å². The molecule has 0 amide bonds. The molecule has 2 aliphatic rings. The van der Waals surface area contributed by atoms with Crippen molar-refractivity contribution >= 4 is 5.78 Å². The zero-order valence-electron chi connectivity index (χ0n) is 12.9. The van der Waals surface area contributed by atoms with Gasteiger partial charge in [0.15, 0.2) is 0 Å². The molecule has 0 aromatic heterocycles. The fraction of sp³-hybridized carbons (Fsp3) is 0.737. The van der Waals surface area contributed by atoms with Gasteiger partial charge in [0.05, 0.1) is 0 Å². The molecule has 0 saturated carbocycles. The molecule has 0 bridgehead atoms. The number of allylic oxidation sites excluding steroid dienone is 4. The van der Waals surface area contributed by atoms with Crippen LogP contribution in [-0.2, 0) is 4.79 Å². The summed E-state index contributed by atoms with van der Waals surface area (Å²) in [6.07, 6.45) is 23.2. The number of ketones is 1. The molecule has 20 heavy (non-hydrogen) atoms. The third kappa shape index (κ3) is 6.07. The summed E-state index contributed by atoms with van der Waals surface area (Å²) in [6.45, 7) is 0. The molecule has 0 spiro atoms. The predicted molar refractivity (Wildman–Crippen MR) is 85.7 cm³/mol. The van der Waals surface area contributed by atoms with E-state index in [9.17, 15) is 4.79 Å². The Bertz CT molecular complexity index is 308. The lowest BCUT2D eigenvalue weighted by Crippen LogP contribution is -2.06. The molecule has 0 aliphatic heterocycles. The topological polar surface area (TPSA) is 17.1 Å². The lowest BCUT2D eigenvalue weighted by molar-refractivity contribution is -0.119. The molecule has 0 radical (unpaired) electrons. The Hall–Kier alpha value is -0.850. The van der Waals surface area contributed by atoms with Gasteiger partial charge in [0.25, 0.3) is 0 Å². The van der Waals surface area contributed by atoms with E-state index in [1.54, 1.807) is 0 Å². The largest absolute Gasteiger partial charge is 0.300 e. The molecule has 2 aliphatic carbocycles. The van der Waals surface area contributed by atoms with Crippen molar-refractivity contribution < 1.29 is 4.79 Å².